The SMILES string of the molecule is CC(c1cccc(Cl)c1)N(C)S(=O)(=O)C(C)CN. The van der Waals surface area contributed by atoms with Crippen LogP contribution >= 0.6 is 11.6 Å². The van der Waals surface area contributed by atoms with Gasteiger partial charge >= 0.3 is 0 Å². The molecule has 18 heavy (non-hydrogen) atoms. The van der Waals surface area contributed by atoms with Crippen molar-refractivity contribution in [1.82, 2.24) is 4.31 Å². The van der Waals surface area contributed by atoms with Gasteiger partial charge in [0.2, 0.25) is 10.0 Å². The number of nitrogens with zero attached hydrogens (tertiary/aromatic N) is 1. The minimum atomic E-state index is -3.38. The summed E-state index contributed by atoms with van der Waals surface area (Å²) < 4.78 is 25.7. The lowest BCUT2D eigenvalue weighted by Crippen LogP contribution is -2.39. The van der Waals surface area contributed by atoms with Crippen LogP contribution < -0.4 is 5.73 Å². The highest BCUT2D eigenvalue weighted by atomic mass is 35.5. The normalized spacial score (nSPS) is 15.7. The first-order valence-electron chi connectivity index (χ1n) is 5.73. The van der Waals surface area contributed by atoms with Crippen LogP contribution in [0, 0.1) is 0 Å². The van der Waals surface area contributed by atoms with E-state index >= 15 is 0 Å². The van der Waals surface area contributed by atoms with Crippen molar-refractivity contribution in [3.63, 3.8) is 0 Å². The quantitative estimate of drug-likeness (QED) is 0.902. The third-order valence-electron chi connectivity index (χ3n) is 3.12. The standard InChI is InChI=1S/C12H19ClN2O2S/c1-9(8-14)18(16,17)15(3)10(2)11-5-4-6-12(13)7-11/h4-7,9-10H,8,14H2,1-3H3. The third-order valence-corrected chi connectivity index (χ3v) is 5.68. The zero-order valence-electron chi connectivity index (χ0n) is 10.8. The molecule has 0 aromatic heterocycles. The van der Waals surface area contributed by atoms with Crippen LogP contribution in [-0.2, 0) is 10.0 Å². The molecular formula is C12H19ClN2O2S. The van der Waals surface area contributed by atoms with Crippen LogP contribution in [-0.4, -0.2) is 31.6 Å². The number of nitrogens with two attached hydrogens (primary N) is 1. The summed E-state index contributed by atoms with van der Waals surface area (Å²) in [6.07, 6.45) is 0. The number of benzene rings is 1. The number of halogens is 1. The van der Waals surface area contributed by atoms with E-state index in [0.717, 1.165) is 5.56 Å². The Morgan fingerprint density at radius 2 is 2.00 bits per heavy atom. The van der Waals surface area contributed by atoms with Crippen LogP contribution in [0.15, 0.2) is 24.3 Å². The van der Waals surface area contributed by atoms with E-state index < -0.39 is 15.3 Å². The fraction of sp³-hybridized carbons (Fsp3) is 0.500. The summed E-state index contributed by atoms with van der Waals surface area (Å²) in [5.41, 5.74) is 6.29. The lowest BCUT2D eigenvalue weighted by molar-refractivity contribution is 0.393. The molecule has 1 aromatic carbocycles. The van der Waals surface area contributed by atoms with Crippen molar-refractivity contribution in [3.05, 3.63) is 34.9 Å². The molecule has 0 radical (unpaired) electrons. The molecule has 0 aliphatic carbocycles. The van der Waals surface area contributed by atoms with Crippen LogP contribution in [0.25, 0.3) is 0 Å². The van der Waals surface area contributed by atoms with Crippen LogP contribution in [0.1, 0.15) is 25.5 Å². The first-order valence-corrected chi connectivity index (χ1v) is 7.61. The zero-order chi connectivity index (χ0) is 13.9. The minimum Gasteiger partial charge on any atom is -0.329 e. The molecule has 102 valence electrons. The number of rotatable bonds is 5. The molecule has 0 aliphatic heterocycles. The Balaban J connectivity index is 3.01. The highest BCUT2D eigenvalue weighted by molar-refractivity contribution is 7.89. The Bertz CT molecular complexity index is 505. The van der Waals surface area contributed by atoms with E-state index in [1.54, 1.807) is 32.2 Å². The fourth-order valence-electron chi connectivity index (χ4n) is 1.60. The summed E-state index contributed by atoms with van der Waals surface area (Å²) in [5, 5.41) is 0.00107. The molecule has 0 aliphatic rings. The number of sulfonamides is 1. The van der Waals surface area contributed by atoms with Crippen LogP contribution in [0.3, 0.4) is 0 Å². The first kappa shape index (κ1) is 15.4. The third kappa shape index (κ3) is 3.23. The second-order valence-electron chi connectivity index (χ2n) is 4.34. The van der Waals surface area contributed by atoms with E-state index in [-0.39, 0.29) is 12.6 Å². The Hall–Kier alpha value is -0.620. The summed E-state index contributed by atoms with van der Waals surface area (Å²) >= 11 is 5.91. The minimum absolute atomic E-state index is 0.106. The predicted octanol–water partition coefficient (Wildman–Crippen LogP) is 2.01. The Morgan fingerprint density at radius 1 is 1.39 bits per heavy atom. The number of hydrogen-bond acceptors (Lipinski definition) is 3. The molecule has 6 heteroatoms. The first-order chi connectivity index (χ1) is 8.30. The molecule has 0 fully saturated rings. The van der Waals surface area contributed by atoms with Gasteiger partial charge in [0.05, 0.1) is 5.25 Å². The van der Waals surface area contributed by atoms with Crippen LogP contribution in [0.2, 0.25) is 5.02 Å². The maximum atomic E-state index is 12.2. The summed E-state index contributed by atoms with van der Waals surface area (Å²) in [7, 11) is -1.82. The lowest BCUT2D eigenvalue weighted by atomic mass is 10.1. The largest absolute Gasteiger partial charge is 0.329 e. The van der Waals surface area contributed by atoms with Crippen LogP contribution in [0.5, 0.6) is 0 Å². The van der Waals surface area contributed by atoms with E-state index in [1.165, 1.54) is 4.31 Å². The van der Waals surface area contributed by atoms with Crippen molar-refractivity contribution in [1.29, 1.82) is 0 Å². The lowest BCUT2D eigenvalue weighted by Gasteiger charge is -2.27. The van der Waals surface area contributed by atoms with E-state index in [4.69, 9.17) is 17.3 Å². The molecule has 0 amide bonds. The van der Waals surface area contributed by atoms with E-state index in [9.17, 15) is 8.42 Å². The zero-order valence-corrected chi connectivity index (χ0v) is 12.4. The molecule has 2 atom stereocenters. The topological polar surface area (TPSA) is 63.4 Å². The smallest absolute Gasteiger partial charge is 0.218 e. The Labute approximate surface area is 114 Å². The van der Waals surface area contributed by atoms with Crippen molar-refractivity contribution in [2.75, 3.05) is 13.6 Å². The van der Waals surface area contributed by atoms with Gasteiger partial charge in [-0.1, -0.05) is 23.7 Å². The molecule has 1 aromatic rings. The highest BCUT2D eigenvalue weighted by Gasteiger charge is 2.29. The molecule has 1 rings (SSSR count). The van der Waals surface area contributed by atoms with Crippen molar-refractivity contribution >= 4 is 21.6 Å². The molecule has 0 heterocycles. The second-order valence-corrected chi connectivity index (χ2v) is 7.19. The van der Waals surface area contributed by atoms with Gasteiger partial charge in [-0.2, -0.15) is 4.31 Å². The number of hydrogen-bond donors (Lipinski definition) is 1. The molecule has 2 N–H and O–H groups in total. The van der Waals surface area contributed by atoms with Gasteiger partial charge in [-0.05, 0) is 31.5 Å². The van der Waals surface area contributed by atoms with Gasteiger partial charge in [0.15, 0.2) is 0 Å². The van der Waals surface area contributed by atoms with Crippen molar-refractivity contribution < 1.29 is 8.42 Å². The Morgan fingerprint density at radius 3 is 2.50 bits per heavy atom. The second kappa shape index (κ2) is 6.02. The summed E-state index contributed by atoms with van der Waals surface area (Å²) in [5.74, 6) is 0. The van der Waals surface area contributed by atoms with Gasteiger partial charge in [0.25, 0.3) is 0 Å². The molecule has 2 unspecified atom stereocenters. The van der Waals surface area contributed by atoms with Crippen molar-refractivity contribution in [3.8, 4) is 0 Å². The van der Waals surface area contributed by atoms with Crippen molar-refractivity contribution in [2.24, 2.45) is 5.73 Å². The Kier molecular flexibility index (Phi) is 5.16. The average molecular weight is 291 g/mol. The molecule has 0 saturated heterocycles. The molecule has 4 nitrogen and oxygen atoms in total. The predicted molar refractivity (Wildman–Crippen MR) is 75.1 cm³/mol. The maximum Gasteiger partial charge on any atom is 0.218 e. The monoisotopic (exact) mass is 290 g/mol. The molecular weight excluding hydrogens is 272 g/mol. The van der Waals surface area contributed by atoms with Gasteiger partial charge in [0.1, 0.15) is 0 Å². The van der Waals surface area contributed by atoms with Gasteiger partial charge in [-0.15, -0.1) is 0 Å². The maximum absolute atomic E-state index is 12.2. The summed E-state index contributed by atoms with van der Waals surface area (Å²) in [4.78, 5) is 0. The molecule has 0 spiro atoms. The van der Waals surface area contributed by atoms with Gasteiger partial charge in [-0.3, -0.25) is 0 Å². The van der Waals surface area contributed by atoms with E-state index in [1.807, 2.05) is 13.0 Å². The van der Waals surface area contributed by atoms with Crippen molar-refractivity contribution in [2.45, 2.75) is 25.1 Å². The van der Waals surface area contributed by atoms with Crippen LogP contribution in [0.4, 0.5) is 0 Å². The van der Waals surface area contributed by atoms with E-state index in [0.29, 0.717) is 5.02 Å². The fourth-order valence-corrected chi connectivity index (χ4v) is 3.17. The average Bonchev–Trinajstić information content (AvgIpc) is 2.35. The summed E-state index contributed by atoms with van der Waals surface area (Å²) in [6, 6.07) is 6.92. The van der Waals surface area contributed by atoms with Gasteiger partial charge < -0.3 is 5.73 Å². The highest BCUT2D eigenvalue weighted by Crippen LogP contribution is 2.25. The molecule has 0 bridgehead atoms. The molecule has 0 saturated carbocycles. The summed E-state index contributed by atoms with van der Waals surface area (Å²) in [6.45, 7) is 3.54. The van der Waals surface area contributed by atoms with E-state index in [2.05, 4.69) is 0 Å². The van der Waals surface area contributed by atoms with Gasteiger partial charge in [-0.25, -0.2) is 8.42 Å². The van der Waals surface area contributed by atoms with Gasteiger partial charge in [0, 0.05) is 24.7 Å².